The van der Waals surface area contributed by atoms with Crippen LogP contribution in [0.4, 0.5) is 4.79 Å². The quantitative estimate of drug-likeness (QED) is 0.298. The van der Waals surface area contributed by atoms with Crippen molar-refractivity contribution in [2.24, 2.45) is 5.41 Å². The Kier molecular flexibility index (Phi) is 8.26. The van der Waals surface area contributed by atoms with Crippen LogP contribution < -0.4 is 0 Å². The predicted molar refractivity (Wildman–Crippen MR) is 88.1 cm³/mol. The van der Waals surface area contributed by atoms with Gasteiger partial charge in [-0.25, -0.2) is 14.5 Å². The normalized spacial score (nSPS) is 11.0. The topological polar surface area (TPSA) is 71.1 Å². The fourth-order valence-electron chi connectivity index (χ4n) is 1.81. The maximum Gasteiger partial charge on any atom is 0.543 e. The van der Waals surface area contributed by atoms with Crippen molar-refractivity contribution in [1.29, 1.82) is 0 Å². The van der Waals surface area contributed by atoms with Crippen molar-refractivity contribution in [3.05, 3.63) is 35.4 Å². The van der Waals surface area contributed by atoms with E-state index in [0.717, 1.165) is 18.4 Å². The highest BCUT2D eigenvalue weighted by Gasteiger charge is 2.16. The smallest absolute Gasteiger partial charge is 0.432 e. The Balaban J connectivity index is 2.31. The van der Waals surface area contributed by atoms with Crippen LogP contribution in [0.2, 0.25) is 0 Å². The summed E-state index contributed by atoms with van der Waals surface area (Å²) in [5, 5.41) is 4.16. The zero-order valence-electron chi connectivity index (χ0n) is 14.8. The summed E-state index contributed by atoms with van der Waals surface area (Å²) in [4.78, 5) is 31.6. The van der Waals surface area contributed by atoms with Crippen LogP contribution in [0, 0.1) is 5.41 Å². The molecule has 0 amide bonds. The van der Waals surface area contributed by atoms with Crippen LogP contribution in [-0.2, 0) is 26.0 Å². The summed E-state index contributed by atoms with van der Waals surface area (Å²) >= 11 is 0. The Morgan fingerprint density at radius 2 is 1.67 bits per heavy atom. The zero-order valence-corrected chi connectivity index (χ0v) is 14.8. The number of benzene rings is 1. The number of hydrogen-bond donors (Lipinski definition) is 0. The third-order valence-electron chi connectivity index (χ3n) is 3.09. The molecule has 0 aromatic heterocycles. The first kappa shape index (κ1) is 20.0. The molecule has 0 aliphatic heterocycles. The molecule has 0 aliphatic carbocycles. The van der Waals surface area contributed by atoms with E-state index >= 15 is 0 Å². The van der Waals surface area contributed by atoms with E-state index in [1.807, 2.05) is 32.9 Å². The summed E-state index contributed by atoms with van der Waals surface area (Å²) in [6.45, 7) is 8.00. The first-order valence-electron chi connectivity index (χ1n) is 8.13. The number of hydrogen-bond acceptors (Lipinski definition) is 6. The monoisotopic (exact) mass is 338 g/mol. The van der Waals surface area contributed by atoms with Crippen molar-refractivity contribution in [3.8, 4) is 0 Å². The number of unbranched alkanes of at least 4 members (excludes halogenated alkanes) is 2. The van der Waals surface area contributed by atoms with E-state index < -0.39 is 12.1 Å². The van der Waals surface area contributed by atoms with E-state index in [-0.39, 0.29) is 12.0 Å². The van der Waals surface area contributed by atoms with Gasteiger partial charge < -0.3 is 4.74 Å². The fourth-order valence-corrected chi connectivity index (χ4v) is 1.81. The molecule has 0 N–H and O–H groups in total. The molecule has 0 atom stereocenters. The van der Waals surface area contributed by atoms with Gasteiger partial charge in [0, 0.05) is 0 Å². The second-order valence-electron chi connectivity index (χ2n) is 6.78. The van der Waals surface area contributed by atoms with Gasteiger partial charge in [0.1, 0.15) is 0 Å². The lowest BCUT2D eigenvalue weighted by atomic mass is 9.99. The van der Waals surface area contributed by atoms with Gasteiger partial charge in [-0.05, 0) is 36.0 Å². The Labute approximate surface area is 142 Å². The lowest BCUT2D eigenvalue weighted by Crippen LogP contribution is -2.19. The van der Waals surface area contributed by atoms with Gasteiger partial charge in [0.25, 0.3) is 0 Å². The molecule has 1 aromatic rings. The summed E-state index contributed by atoms with van der Waals surface area (Å²) < 4.78 is 4.78. The lowest BCUT2D eigenvalue weighted by molar-refractivity contribution is -0.452. The molecule has 6 heteroatoms. The van der Waals surface area contributed by atoms with E-state index in [9.17, 15) is 9.59 Å². The molecule has 0 heterocycles. The molecule has 6 nitrogen and oxygen atoms in total. The molecule has 0 aliphatic rings. The second kappa shape index (κ2) is 9.93. The van der Waals surface area contributed by atoms with Crippen LogP contribution in [0.15, 0.2) is 24.3 Å². The van der Waals surface area contributed by atoms with E-state index in [1.165, 1.54) is 12.8 Å². The van der Waals surface area contributed by atoms with Gasteiger partial charge in [-0.2, -0.15) is 0 Å². The lowest BCUT2D eigenvalue weighted by Gasteiger charge is -2.16. The molecule has 1 rings (SSSR count). The summed E-state index contributed by atoms with van der Waals surface area (Å²) in [6, 6.07) is 7.02. The molecule has 24 heavy (non-hydrogen) atoms. The zero-order chi connectivity index (χ0) is 18.0. The number of carbonyl (C=O) groups excluding carboxylic acids is 2. The maximum atomic E-state index is 11.7. The van der Waals surface area contributed by atoms with Gasteiger partial charge >= 0.3 is 12.1 Å². The van der Waals surface area contributed by atoms with Gasteiger partial charge in [-0.3, -0.25) is 4.89 Å². The van der Waals surface area contributed by atoms with Crippen molar-refractivity contribution in [2.75, 3.05) is 6.61 Å². The molecule has 0 radical (unpaired) electrons. The predicted octanol–water partition coefficient (Wildman–Crippen LogP) is 4.62. The van der Waals surface area contributed by atoms with Crippen LogP contribution in [0.1, 0.15) is 62.9 Å². The van der Waals surface area contributed by atoms with Crippen LogP contribution in [0.25, 0.3) is 0 Å². The molecule has 1 aromatic carbocycles. The SMILES string of the molecule is CCCCCc1ccc(C(=O)OOOC(=O)OCC(C)(C)C)cc1. The minimum absolute atomic E-state index is 0.155. The third kappa shape index (κ3) is 8.53. The summed E-state index contributed by atoms with van der Waals surface area (Å²) in [5.41, 5.74) is 1.26. The summed E-state index contributed by atoms with van der Waals surface area (Å²) in [7, 11) is 0. The maximum absolute atomic E-state index is 11.7. The van der Waals surface area contributed by atoms with E-state index in [1.54, 1.807) is 12.1 Å². The van der Waals surface area contributed by atoms with Crippen LogP contribution in [0.5, 0.6) is 0 Å². The Hall–Kier alpha value is -2.08. The van der Waals surface area contributed by atoms with E-state index in [0.29, 0.717) is 5.56 Å². The average molecular weight is 338 g/mol. The first-order valence-corrected chi connectivity index (χ1v) is 8.13. The van der Waals surface area contributed by atoms with Gasteiger partial charge in [-0.1, -0.05) is 52.7 Å². The third-order valence-corrected chi connectivity index (χ3v) is 3.09. The van der Waals surface area contributed by atoms with Gasteiger partial charge in [-0.15, -0.1) is 0 Å². The number of aryl methyl sites for hydroxylation is 1. The number of ether oxygens (including phenoxy) is 1. The first-order chi connectivity index (χ1) is 11.3. The molecule has 0 fully saturated rings. The highest BCUT2D eigenvalue weighted by atomic mass is 17.5. The average Bonchev–Trinajstić information content (AvgIpc) is 2.53. The largest absolute Gasteiger partial charge is 0.543 e. The molecule has 0 unspecified atom stereocenters. The van der Waals surface area contributed by atoms with Crippen molar-refractivity contribution in [1.82, 2.24) is 0 Å². The van der Waals surface area contributed by atoms with Crippen molar-refractivity contribution in [3.63, 3.8) is 0 Å². The molecular weight excluding hydrogens is 312 g/mol. The van der Waals surface area contributed by atoms with Gasteiger partial charge in [0.2, 0.25) is 0 Å². The van der Waals surface area contributed by atoms with Crippen LogP contribution in [0.3, 0.4) is 0 Å². The molecule has 0 saturated carbocycles. The number of carbonyl (C=O) groups is 2. The van der Waals surface area contributed by atoms with Crippen LogP contribution in [-0.4, -0.2) is 18.7 Å². The minimum Gasteiger partial charge on any atom is -0.432 e. The Morgan fingerprint density at radius 3 is 2.25 bits per heavy atom. The minimum atomic E-state index is -1.07. The van der Waals surface area contributed by atoms with E-state index in [4.69, 9.17) is 4.74 Å². The Bertz CT molecular complexity index is 515. The molecular formula is C18H26O6. The van der Waals surface area contributed by atoms with Gasteiger partial charge in [0.15, 0.2) is 0 Å². The van der Waals surface area contributed by atoms with Gasteiger partial charge in [0.05, 0.1) is 17.2 Å². The molecule has 0 saturated heterocycles. The standard InChI is InChI=1S/C18H26O6/c1-5-6-7-8-14-9-11-15(12-10-14)16(19)22-24-23-17(20)21-13-18(2,3)4/h9-12H,5-8,13H2,1-4H3. The molecule has 0 bridgehead atoms. The summed E-state index contributed by atoms with van der Waals surface area (Å²) in [6.07, 6.45) is 3.38. The molecule has 134 valence electrons. The second-order valence-corrected chi connectivity index (χ2v) is 6.78. The van der Waals surface area contributed by atoms with Crippen molar-refractivity contribution in [2.45, 2.75) is 53.4 Å². The Morgan fingerprint density at radius 1 is 1.00 bits per heavy atom. The summed E-state index contributed by atoms with van der Waals surface area (Å²) in [5.74, 6) is -0.751. The van der Waals surface area contributed by atoms with E-state index in [2.05, 4.69) is 21.7 Å². The fraction of sp³-hybridized carbons (Fsp3) is 0.556. The van der Waals surface area contributed by atoms with Crippen molar-refractivity contribution < 1.29 is 29.1 Å². The highest BCUT2D eigenvalue weighted by molar-refractivity contribution is 5.88. The molecule has 0 spiro atoms. The van der Waals surface area contributed by atoms with Crippen LogP contribution >= 0.6 is 0 Å². The number of rotatable bonds is 8. The highest BCUT2D eigenvalue weighted by Crippen LogP contribution is 2.13. The van der Waals surface area contributed by atoms with Crippen molar-refractivity contribution >= 4 is 12.1 Å².